The van der Waals surface area contributed by atoms with E-state index in [4.69, 9.17) is 4.74 Å². The Morgan fingerprint density at radius 1 is 0.818 bits per heavy atom. The van der Waals surface area contributed by atoms with Gasteiger partial charge in [0, 0.05) is 22.2 Å². The third-order valence-corrected chi connectivity index (χ3v) is 4.59. The number of carbonyl (C=O) groups excluding carboxylic acids is 3. The van der Waals surface area contributed by atoms with Crippen LogP contribution < -0.4 is 15.5 Å². The largest absolute Gasteiger partial charge is 0.422 e. The number of hydrogen-bond donors (Lipinski definition) is 2. The van der Waals surface area contributed by atoms with E-state index in [2.05, 4.69) is 15.8 Å². The molecule has 0 aliphatic heterocycles. The van der Waals surface area contributed by atoms with E-state index in [9.17, 15) is 14.4 Å². The van der Waals surface area contributed by atoms with Gasteiger partial charge in [0.25, 0.3) is 5.91 Å². The molecule has 0 saturated heterocycles. The predicted octanol–water partition coefficient (Wildman–Crippen LogP) is 4.65. The molecule has 0 heterocycles. The third-order valence-electron chi connectivity index (χ3n) is 4.59. The fourth-order valence-corrected chi connectivity index (χ4v) is 2.66. The zero-order valence-electron chi connectivity index (χ0n) is 18.7. The first-order valence-corrected chi connectivity index (χ1v) is 10.4. The number of esters is 1. The second-order valence-electron chi connectivity index (χ2n) is 8.27. The number of para-hydroxylation sites is 1. The predicted molar refractivity (Wildman–Crippen MR) is 127 cm³/mol. The molecule has 3 rings (SSSR count). The van der Waals surface area contributed by atoms with Crippen LogP contribution in [0.15, 0.2) is 84.0 Å². The number of rotatable bonds is 6. The molecule has 3 aromatic rings. The number of nitrogens with one attached hydrogen (secondary N) is 2. The van der Waals surface area contributed by atoms with E-state index in [1.165, 1.54) is 6.21 Å². The van der Waals surface area contributed by atoms with Gasteiger partial charge in [-0.15, -0.1) is 0 Å². The van der Waals surface area contributed by atoms with Crippen LogP contribution in [0.4, 0.5) is 5.69 Å². The number of amides is 2. The van der Waals surface area contributed by atoms with Crippen molar-refractivity contribution < 1.29 is 19.1 Å². The molecule has 0 saturated carbocycles. The average Bonchev–Trinajstić information content (AvgIpc) is 2.80. The first kappa shape index (κ1) is 23.4. The van der Waals surface area contributed by atoms with Crippen LogP contribution in [0.3, 0.4) is 0 Å². The molecule has 0 aromatic heterocycles. The van der Waals surface area contributed by atoms with E-state index >= 15 is 0 Å². The first-order valence-electron chi connectivity index (χ1n) is 10.4. The van der Waals surface area contributed by atoms with Gasteiger partial charge in [-0.25, -0.2) is 10.2 Å². The summed E-state index contributed by atoms with van der Waals surface area (Å²) in [4.78, 5) is 36.8. The number of ether oxygens (including phenoxy) is 1. The maximum Gasteiger partial charge on any atom is 0.343 e. The lowest BCUT2D eigenvalue weighted by molar-refractivity contribution is -0.123. The van der Waals surface area contributed by atoms with E-state index in [0.717, 1.165) is 0 Å². The molecule has 0 aliphatic rings. The average molecular weight is 444 g/mol. The van der Waals surface area contributed by atoms with E-state index in [1.54, 1.807) is 72.8 Å². The molecular weight excluding hydrogens is 418 g/mol. The number of hydrogen-bond acceptors (Lipinski definition) is 5. The van der Waals surface area contributed by atoms with E-state index in [1.807, 2.05) is 26.8 Å². The van der Waals surface area contributed by atoms with Crippen molar-refractivity contribution in [1.82, 2.24) is 5.43 Å². The zero-order valence-corrected chi connectivity index (χ0v) is 18.7. The molecule has 3 aromatic carbocycles. The Hall–Kier alpha value is -4.26. The minimum absolute atomic E-state index is 0.115. The molecule has 0 fully saturated rings. The van der Waals surface area contributed by atoms with Gasteiger partial charge in [0.2, 0.25) is 5.91 Å². The van der Waals surface area contributed by atoms with Crippen LogP contribution in [0.5, 0.6) is 5.75 Å². The fraction of sp³-hybridized carbons (Fsp3) is 0.154. The Kier molecular flexibility index (Phi) is 7.35. The molecule has 0 atom stereocenters. The summed E-state index contributed by atoms with van der Waals surface area (Å²) in [6.45, 7) is 5.47. The van der Waals surface area contributed by atoms with E-state index in [0.29, 0.717) is 28.1 Å². The molecule has 0 radical (unpaired) electrons. The summed E-state index contributed by atoms with van der Waals surface area (Å²) in [7, 11) is 0. The van der Waals surface area contributed by atoms with Crippen LogP contribution in [-0.4, -0.2) is 24.0 Å². The maximum absolute atomic E-state index is 12.4. The van der Waals surface area contributed by atoms with Crippen molar-refractivity contribution in [3.05, 3.63) is 95.6 Å². The van der Waals surface area contributed by atoms with Crippen molar-refractivity contribution in [2.75, 3.05) is 5.32 Å². The molecule has 7 heteroatoms. The lowest BCUT2D eigenvalue weighted by Crippen LogP contribution is -2.27. The van der Waals surface area contributed by atoms with Gasteiger partial charge in [-0.2, -0.15) is 5.10 Å². The van der Waals surface area contributed by atoms with Gasteiger partial charge in [-0.1, -0.05) is 51.1 Å². The van der Waals surface area contributed by atoms with Crippen molar-refractivity contribution in [3.63, 3.8) is 0 Å². The molecule has 0 aliphatic carbocycles. The van der Waals surface area contributed by atoms with Crippen LogP contribution in [0.25, 0.3) is 0 Å². The van der Waals surface area contributed by atoms with Crippen LogP contribution in [0.2, 0.25) is 0 Å². The summed E-state index contributed by atoms with van der Waals surface area (Å²) in [5.74, 6) is -0.697. The Balaban J connectivity index is 1.62. The van der Waals surface area contributed by atoms with Gasteiger partial charge in [0.1, 0.15) is 5.75 Å². The zero-order chi connectivity index (χ0) is 23.8. The molecule has 2 amide bonds. The molecule has 0 spiro atoms. The first-order chi connectivity index (χ1) is 15.7. The highest BCUT2D eigenvalue weighted by Gasteiger charge is 2.21. The van der Waals surface area contributed by atoms with Crippen molar-refractivity contribution >= 4 is 29.7 Å². The summed E-state index contributed by atoms with van der Waals surface area (Å²) in [6.07, 6.45) is 1.41. The minimum atomic E-state index is -0.517. The molecule has 2 N–H and O–H groups in total. The number of carbonyl (C=O) groups is 3. The SMILES string of the molecule is CC(C)(C)C(=O)Nc1ccc(C(=O)NN=Cc2ccccc2OC(=O)c2ccccc2)cc1. The third kappa shape index (κ3) is 6.61. The van der Waals surface area contributed by atoms with Crippen molar-refractivity contribution in [1.29, 1.82) is 0 Å². The fourth-order valence-electron chi connectivity index (χ4n) is 2.66. The quantitative estimate of drug-likeness (QED) is 0.251. The van der Waals surface area contributed by atoms with Crippen molar-refractivity contribution in [2.45, 2.75) is 20.8 Å². The van der Waals surface area contributed by atoms with Crippen LogP contribution in [0.1, 0.15) is 47.1 Å². The lowest BCUT2D eigenvalue weighted by atomic mass is 9.95. The minimum Gasteiger partial charge on any atom is -0.422 e. The Morgan fingerprint density at radius 2 is 1.45 bits per heavy atom. The Bertz CT molecular complexity index is 1160. The molecule has 0 bridgehead atoms. The summed E-state index contributed by atoms with van der Waals surface area (Å²) >= 11 is 0. The molecule has 7 nitrogen and oxygen atoms in total. The highest BCUT2D eigenvalue weighted by molar-refractivity contribution is 5.97. The highest BCUT2D eigenvalue weighted by atomic mass is 16.5. The number of nitrogens with zero attached hydrogens (tertiary/aromatic N) is 1. The van der Waals surface area contributed by atoms with Gasteiger partial charge >= 0.3 is 5.97 Å². The standard InChI is InChI=1S/C26H25N3O4/c1-26(2,3)25(32)28-21-15-13-18(14-16-21)23(30)29-27-17-20-11-7-8-12-22(20)33-24(31)19-9-5-4-6-10-19/h4-17H,1-3H3,(H,28,32)(H,29,30). The maximum atomic E-state index is 12.4. The summed E-state index contributed by atoms with van der Waals surface area (Å²) in [5, 5.41) is 6.78. The normalized spacial score (nSPS) is 11.1. The van der Waals surface area contributed by atoms with Crippen LogP contribution in [-0.2, 0) is 4.79 Å². The molecular formula is C26H25N3O4. The van der Waals surface area contributed by atoms with Gasteiger partial charge < -0.3 is 10.1 Å². The van der Waals surface area contributed by atoms with E-state index < -0.39 is 17.3 Å². The van der Waals surface area contributed by atoms with E-state index in [-0.39, 0.29) is 5.91 Å². The molecule has 33 heavy (non-hydrogen) atoms. The van der Waals surface area contributed by atoms with Crippen molar-refractivity contribution in [2.24, 2.45) is 10.5 Å². The summed E-state index contributed by atoms with van der Waals surface area (Å²) in [6, 6.07) is 22.0. The monoisotopic (exact) mass is 443 g/mol. The molecule has 168 valence electrons. The lowest BCUT2D eigenvalue weighted by Gasteiger charge is -2.17. The topological polar surface area (TPSA) is 96.9 Å². The second kappa shape index (κ2) is 10.4. The van der Waals surface area contributed by atoms with Gasteiger partial charge in [0.05, 0.1) is 11.8 Å². The van der Waals surface area contributed by atoms with Gasteiger partial charge in [-0.05, 0) is 48.5 Å². The smallest absolute Gasteiger partial charge is 0.343 e. The Labute approximate surface area is 192 Å². The van der Waals surface area contributed by atoms with Gasteiger partial charge in [0.15, 0.2) is 0 Å². The van der Waals surface area contributed by atoms with Crippen LogP contribution >= 0.6 is 0 Å². The number of anilines is 1. The van der Waals surface area contributed by atoms with Gasteiger partial charge in [-0.3, -0.25) is 9.59 Å². The summed E-state index contributed by atoms with van der Waals surface area (Å²) < 4.78 is 5.47. The van der Waals surface area contributed by atoms with Crippen molar-refractivity contribution in [3.8, 4) is 5.75 Å². The number of hydrazone groups is 1. The summed E-state index contributed by atoms with van der Waals surface area (Å²) in [5.41, 5.74) is 3.87. The number of benzene rings is 3. The second-order valence-corrected chi connectivity index (χ2v) is 8.27. The highest BCUT2D eigenvalue weighted by Crippen LogP contribution is 2.19. The Morgan fingerprint density at radius 3 is 2.12 bits per heavy atom. The van der Waals surface area contributed by atoms with Crippen LogP contribution in [0, 0.1) is 5.41 Å². The molecule has 0 unspecified atom stereocenters.